The number of imidazole rings is 1. The molecule has 1 fully saturated rings. The number of rotatable bonds is 2. The minimum Gasteiger partial charge on any atom is -0.405 e. The molecular formula is C19H19N7O2. The fraction of sp³-hybridized carbons (Fsp3) is 0.263. The Hall–Kier alpha value is -3.46. The highest BCUT2D eigenvalue weighted by Crippen LogP contribution is 2.24. The van der Waals surface area contributed by atoms with Gasteiger partial charge in [-0.3, -0.25) is 9.20 Å². The second-order valence-corrected chi connectivity index (χ2v) is 6.99. The monoisotopic (exact) mass is 377 g/mol. The van der Waals surface area contributed by atoms with Crippen LogP contribution in [0.15, 0.2) is 41.2 Å². The van der Waals surface area contributed by atoms with Gasteiger partial charge in [0.05, 0.1) is 6.20 Å². The SMILES string of the molecule is CN1CCN(C(=O)c2cnc3ccc(-c4cnc5oc(N)nc5c4)cn23)CC1. The molecule has 0 bridgehead atoms. The highest BCUT2D eigenvalue weighted by atomic mass is 16.4. The van der Waals surface area contributed by atoms with E-state index in [1.807, 2.05) is 33.7 Å². The molecule has 5 heterocycles. The van der Waals surface area contributed by atoms with Crippen LogP contribution in [-0.4, -0.2) is 68.3 Å². The molecule has 1 saturated heterocycles. The number of pyridine rings is 2. The lowest BCUT2D eigenvalue weighted by molar-refractivity contribution is 0.0657. The Morgan fingerprint density at radius 1 is 1.11 bits per heavy atom. The maximum absolute atomic E-state index is 13.0. The van der Waals surface area contributed by atoms with E-state index < -0.39 is 0 Å². The minimum atomic E-state index is -0.00407. The summed E-state index contributed by atoms with van der Waals surface area (Å²) in [7, 11) is 2.07. The van der Waals surface area contributed by atoms with Crippen LogP contribution in [0.2, 0.25) is 0 Å². The molecule has 1 aliphatic heterocycles. The van der Waals surface area contributed by atoms with Gasteiger partial charge in [-0.2, -0.15) is 4.98 Å². The molecule has 0 radical (unpaired) electrons. The Morgan fingerprint density at radius 2 is 1.93 bits per heavy atom. The van der Waals surface area contributed by atoms with Gasteiger partial charge in [0.25, 0.3) is 11.9 Å². The van der Waals surface area contributed by atoms with E-state index in [0.29, 0.717) is 16.9 Å². The van der Waals surface area contributed by atoms with Crippen LogP contribution < -0.4 is 5.73 Å². The van der Waals surface area contributed by atoms with Gasteiger partial charge in [-0.1, -0.05) is 0 Å². The average Bonchev–Trinajstić information content (AvgIpc) is 3.29. The number of fused-ring (bicyclic) bond motifs is 2. The van der Waals surface area contributed by atoms with Crippen molar-refractivity contribution in [2.24, 2.45) is 0 Å². The number of carbonyl (C=O) groups is 1. The number of anilines is 1. The molecule has 0 aliphatic carbocycles. The van der Waals surface area contributed by atoms with E-state index in [-0.39, 0.29) is 11.9 Å². The summed E-state index contributed by atoms with van der Waals surface area (Å²) in [6, 6.07) is 5.78. The van der Waals surface area contributed by atoms with Gasteiger partial charge in [-0.15, -0.1) is 0 Å². The predicted molar refractivity (Wildman–Crippen MR) is 104 cm³/mol. The molecule has 0 saturated carbocycles. The van der Waals surface area contributed by atoms with Crippen molar-refractivity contribution in [3.63, 3.8) is 0 Å². The van der Waals surface area contributed by atoms with Crippen LogP contribution in [0.3, 0.4) is 0 Å². The van der Waals surface area contributed by atoms with E-state index >= 15 is 0 Å². The minimum absolute atomic E-state index is 0.00407. The van der Waals surface area contributed by atoms with Crippen LogP contribution in [0.5, 0.6) is 0 Å². The smallest absolute Gasteiger partial charge is 0.294 e. The second-order valence-electron chi connectivity index (χ2n) is 6.99. The lowest BCUT2D eigenvalue weighted by Gasteiger charge is -2.32. The first-order valence-corrected chi connectivity index (χ1v) is 9.06. The van der Waals surface area contributed by atoms with Crippen molar-refractivity contribution in [3.05, 3.63) is 42.5 Å². The molecule has 0 atom stereocenters. The summed E-state index contributed by atoms with van der Waals surface area (Å²) in [6.07, 6.45) is 5.24. The third-order valence-electron chi connectivity index (χ3n) is 5.11. The standard InChI is InChI=1S/C19H19N7O2/c1-24-4-6-25(7-5-24)18(27)15-10-21-16-3-2-12(11-26(15)16)13-8-14-17(22-9-13)28-19(20)23-14/h2-3,8-11H,4-7H2,1H3,(H2,20,23). The molecule has 9 nitrogen and oxygen atoms in total. The van der Waals surface area contributed by atoms with Crippen molar-refractivity contribution in [3.8, 4) is 11.1 Å². The lowest BCUT2D eigenvalue weighted by Crippen LogP contribution is -2.47. The van der Waals surface area contributed by atoms with Crippen molar-refractivity contribution in [2.75, 3.05) is 39.0 Å². The predicted octanol–water partition coefficient (Wildman–Crippen LogP) is 1.51. The average molecular weight is 377 g/mol. The highest BCUT2D eigenvalue weighted by molar-refractivity contribution is 5.93. The molecule has 1 amide bonds. The number of nitrogens with two attached hydrogens (primary N) is 1. The third kappa shape index (κ3) is 2.76. The number of likely N-dealkylation sites (N-methyl/N-ethyl adjacent to an activating group) is 1. The first kappa shape index (κ1) is 16.7. The van der Waals surface area contributed by atoms with Crippen molar-refractivity contribution in [1.82, 2.24) is 29.2 Å². The molecule has 0 aromatic carbocycles. The summed E-state index contributed by atoms with van der Waals surface area (Å²) >= 11 is 0. The topological polar surface area (TPSA) is 106 Å². The Morgan fingerprint density at radius 3 is 2.75 bits per heavy atom. The van der Waals surface area contributed by atoms with E-state index in [1.165, 1.54) is 0 Å². The van der Waals surface area contributed by atoms with E-state index in [2.05, 4.69) is 26.9 Å². The largest absolute Gasteiger partial charge is 0.405 e. The zero-order chi connectivity index (χ0) is 19.3. The lowest BCUT2D eigenvalue weighted by atomic mass is 10.1. The van der Waals surface area contributed by atoms with Crippen LogP contribution in [0, 0.1) is 0 Å². The first-order chi connectivity index (χ1) is 13.6. The normalized spacial score (nSPS) is 15.5. The third-order valence-corrected chi connectivity index (χ3v) is 5.11. The molecule has 0 spiro atoms. The maximum atomic E-state index is 13.0. The Labute approximate surface area is 160 Å². The summed E-state index contributed by atoms with van der Waals surface area (Å²) in [4.78, 5) is 29.9. The molecule has 9 heteroatoms. The van der Waals surface area contributed by atoms with Crippen LogP contribution >= 0.6 is 0 Å². The number of oxazole rings is 1. The highest BCUT2D eigenvalue weighted by Gasteiger charge is 2.23. The van der Waals surface area contributed by atoms with E-state index in [0.717, 1.165) is 43.0 Å². The van der Waals surface area contributed by atoms with Gasteiger partial charge in [-0.05, 0) is 25.2 Å². The molecule has 142 valence electrons. The molecule has 28 heavy (non-hydrogen) atoms. The molecule has 0 unspecified atom stereocenters. The molecular weight excluding hydrogens is 358 g/mol. The number of piperazine rings is 1. The number of nitrogens with zero attached hydrogens (tertiary/aromatic N) is 6. The summed E-state index contributed by atoms with van der Waals surface area (Å²) < 4.78 is 7.06. The number of nitrogen functional groups attached to an aromatic ring is 1. The van der Waals surface area contributed by atoms with Gasteiger partial charge < -0.3 is 20.0 Å². The van der Waals surface area contributed by atoms with E-state index in [9.17, 15) is 4.79 Å². The van der Waals surface area contributed by atoms with Crippen LogP contribution in [0.1, 0.15) is 10.5 Å². The Kier molecular flexibility index (Phi) is 3.76. The molecule has 2 N–H and O–H groups in total. The van der Waals surface area contributed by atoms with Crippen molar-refractivity contribution >= 4 is 28.8 Å². The van der Waals surface area contributed by atoms with Crippen LogP contribution in [0.4, 0.5) is 6.01 Å². The van der Waals surface area contributed by atoms with Gasteiger partial charge in [0.2, 0.25) is 5.71 Å². The fourth-order valence-corrected chi connectivity index (χ4v) is 3.48. The fourth-order valence-electron chi connectivity index (χ4n) is 3.48. The van der Waals surface area contributed by atoms with Gasteiger partial charge in [0.15, 0.2) is 0 Å². The number of hydrogen-bond donors (Lipinski definition) is 1. The van der Waals surface area contributed by atoms with Crippen molar-refractivity contribution in [2.45, 2.75) is 0 Å². The van der Waals surface area contributed by atoms with Gasteiger partial charge in [0.1, 0.15) is 16.9 Å². The summed E-state index contributed by atoms with van der Waals surface area (Å²) in [6.45, 7) is 3.19. The number of aromatic nitrogens is 4. The van der Waals surface area contributed by atoms with E-state index in [4.69, 9.17) is 10.2 Å². The first-order valence-electron chi connectivity index (χ1n) is 9.06. The van der Waals surface area contributed by atoms with Gasteiger partial charge in [0, 0.05) is 49.7 Å². The van der Waals surface area contributed by atoms with Gasteiger partial charge >= 0.3 is 0 Å². The molecule has 4 aromatic rings. The van der Waals surface area contributed by atoms with Crippen LogP contribution in [0.25, 0.3) is 28.0 Å². The number of amides is 1. The van der Waals surface area contributed by atoms with Crippen molar-refractivity contribution < 1.29 is 9.21 Å². The maximum Gasteiger partial charge on any atom is 0.294 e. The summed E-state index contributed by atoms with van der Waals surface area (Å²) in [5.41, 5.74) is 9.62. The number of carbonyl (C=O) groups excluding carboxylic acids is 1. The Balaban J connectivity index is 1.53. The van der Waals surface area contributed by atoms with Crippen molar-refractivity contribution in [1.29, 1.82) is 0 Å². The summed E-state index contributed by atoms with van der Waals surface area (Å²) in [5, 5.41) is 0. The molecule has 5 rings (SSSR count). The second kappa shape index (κ2) is 6.31. The zero-order valence-electron chi connectivity index (χ0n) is 15.4. The zero-order valence-corrected chi connectivity index (χ0v) is 15.4. The van der Waals surface area contributed by atoms with Gasteiger partial charge in [-0.25, -0.2) is 9.97 Å². The van der Waals surface area contributed by atoms with Crippen LogP contribution in [-0.2, 0) is 0 Å². The molecule has 1 aliphatic rings. The Bertz CT molecular complexity index is 1190. The number of hydrogen-bond acceptors (Lipinski definition) is 7. The molecule has 4 aromatic heterocycles. The summed E-state index contributed by atoms with van der Waals surface area (Å²) in [5.74, 6) is -0.00407. The quantitative estimate of drug-likeness (QED) is 0.564. The van der Waals surface area contributed by atoms with E-state index in [1.54, 1.807) is 12.4 Å².